The molecule has 16 heavy (non-hydrogen) atoms. The van der Waals surface area contributed by atoms with E-state index in [9.17, 15) is 22.8 Å². The van der Waals surface area contributed by atoms with E-state index in [0.717, 1.165) is 5.32 Å². The molecule has 0 aliphatic rings. The summed E-state index contributed by atoms with van der Waals surface area (Å²) in [4.78, 5) is 19.6. The van der Waals surface area contributed by atoms with Gasteiger partial charge in [-0.15, -0.1) is 0 Å². The Morgan fingerprint density at radius 2 is 1.88 bits per heavy atom. The lowest BCUT2D eigenvalue weighted by molar-refractivity contribution is -0.171. The molecule has 0 radical (unpaired) electrons. The molecule has 0 bridgehead atoms. The van der Waals surface area contributed by atoms with Crippen molar-refractivity contribution in [2.75, 3.05) is 6.61 Å². The van der Waals surface area contributed by atoms with Crippen molar-refractivity contribution >= 4 is 17.8 Å². The Kier molecular flexibility index (Phi) is 7.78. The Balaban J connectivity index is 0. The van der Waals surface area contributed by atoms with Crippen molar-refractivity contribution in [3.8, 4) is 0 Å². The molecule has 0 saturated heterocycles. The Hall–Kier alpha value is -1.80. The Morgan fingerprint density at radius 3 is 1.94 bits per heavy atom. The number of nitrogens with two attached hydrogens (primary N) is 1. The van der Waals surface area contributed by atoms with Crippen LogP contribution in [0.2, 0.25) is 0 Å². The number of amides is 1. The molecule has 0 heterocycles. The molecule has 0 fully saturated rings. The van der Waals surface area contributed by atoms with E-state index in [-0.39, 0.29) is 5.97 Å². The summed E-state index contributed by atoms with van der Waals surface area (Å²) in [7, 11) is 0. The van der Waals surface area contributed by atoms with Crippen LogP contribution in [-0.2, 0) is 14.3 Å². The number of rotatable bonds is 1. The van der Waals surface area contributed by atoms with Crippen molar-refractivity contribution < 1.29 is 27.5 Å². The van der Waals surface area contributed by atoms with Gasteiger partial charge in [-0.05, 0) is 6.92 Å². The van der Waals surface area contributed by atoms with Crippen molar-refractivity contribution in [2.45, 2.75) is 20.0 Å². The smallest absolute Gasteiger partial charge is 0.466 e. The minimum Gasteiger partial charge on any atom is -0.466 e. The van der Waals surface area contributed by atoms with Crippen molar-refractivity contribution in [3.63, 3.8) is 0 Å². The van der Waals surface area contributed by atoms with Gasteiger partial charge in [0.25, 0.3) is 0 Å². The van der Waals surface area contributed by atoms with Crippen LogP contribution in [0.1, 0.15) is 13.8 Å². The third-order valence-electron chi connectivity index (χ3n) is 0.853. The molecule has 6 nitrogen and oxygen atoms in total. The molecule has 0 rings (SSSR count). The number of esters is 1. The predicted octanol–water partition coefficient (Wildman–Crippen LogP) is 0.128. The van der Waals surface area contributed by atoms with E-state index in [4.69, 9.17) is 5.41 Å². The van der Waals surface area contributed by atoms with Crippen molar-refractivity contribution in [1.29, 1.82) is 5.41 Å². The van der Waals surface area contributed by atoms with Crippen LogP contribution in [0.5, 0.6) is 0 Å². The van der Waals surface area contributed by atoms with Gasteiger partial charge in [0.15, 0.2) is 5.96 Å². The molecule has 0 aliphatic carbocycles. The van der Waals surface area contributed by atoms with Crippen molar-refractivity contribution in [1.82, 2.24) is 5.32 Å². The molecule has 0 saturated carbocycles. The number of nitrogens with one attached hydrogen (secondary N) is 2. The minimum atomic E-state index is -4.98. The summed E-state index contributed by atoms with van der Waals surface area (Å²) >= 11 is 0. The average Bonchev–Trinajstić information content (AvgIpc) is 2.01. The fraction of sp³-hybridized carbons (Fsp3) is 0.571. The minimum absolute atomic E-state index is 0.211. The highest BCUT2D eigenvalue weighted by molar-refractivity contribution is 5.97. The molecule has 4 N–H and O–H groups in total. The summed E-state index contributed by atoms with van der Waals surface area (Å²) in [5.41, 5.74) is 4.44. The first-order valence-electron chi connectivity index (χ1n) is 3.96. The number of carbonyl (C=O) groups excluding carboxylic acids is 2. The van der Waals surface area contributed by atoms with Gasteiger partial charge in [0.2, 0.25) is 0 Å². The summed E-state index contributed by atoms with van der Waals surface area (Å²) in [6, 6.07) is 0. The first kappa shape index (κ1) is 16.6. The number of guanidine groups is 1. The zero-order chi connectivity index (χ0) is 13.4. The lowest BCUT2D eigenvalue weighted by Gasteiger charge is -2.04. The molecule has 94 valence electrons. The maximum atomic E-state index is 11.2. The molecule has 0 unspecified atom stereocenters. The van der Waals surface area contributed by atoms with Gasteiger partial charge in [-0.2, -0.15) is 13.2 Å². The highest BCUT2D eigenvalue weighted by Gasteiger charge is 2.38. The second kappa shape index (κ2) is 7.49. The molecule has 0 aromatic carbocycles. The fourth-order valence-electron chi connectivity index (χ4n) is 0.396. The Morgan fingerprint density at radius 1 is 1.44 bits per heavy atom. The Bertz CT molecular complexity index is 265. The van der Waals surface area contributed by atoms with Gasteiger partial charge in [0.05, 0.1) is 6.61 Å². The summed E-state index contributed by atoms with van der Waals surface area (Å²) < 4.78 is 38.1. The van der Waals surface area contributed by atoms with Crippen LogP contribution in [0.15, 0.2) is 0 Å². The van der Waals surface area contributed by atoms with Gasteiger partial charge in [0, 0.05) is 6.92 Å². The summed E-state index contributed by atoms with van der Waals surface area (Å²) in [6.07, 6.45) is -4.98. The van der Waals surface area contributed by atoms with Crippen LogP contribution in [0.3, 0.4) is 0 Å². The molecule has 9 heteroatoms. The van der Waals surface area contributed by atoms with Gasteiger partial charge in [0.1, 0.15) is 0 Å². The predicted molar refractivity (Wildman–Crippen MR) is 48.4 cm³/mol. The molecule has 0 aliphatic heterocycles. The normalized spacial score (nSPS) is 9.56. The second-order valence-electron chi connectivity index (χ2n) is 2.29. The van der Waals surface area contributed by atoms with Crippen LogP contribution in [-0.4, -0.2) is 30.6 Å². The maximum absolute atomic E-state index is 11.2. The van der Waals surface area contributed by atoms with E-state index in [1.54, 1.807) is 6.92 Å². The van der Waals surface area contributed by atoms with E-state index < -0.39 is 18.0 Å². The molecule has 0 aromatic heterocycles. The maximum Gasteiger partial charge on any atom is 0.471 e. The van der Waals surface area contributed by atoms with Gasteiger partial charge in [-0.25, -0.2) is 0 Å². The van der Waals surface area contributed by atoms with Gasteiger partial charge < -0.3 is 10.5 Å². The number of halogens is 3. The number of alkyl halides is 3. The highest BCUT2D eigenvalue weighted by Crippen LogP contribution is 2.13. The van der Waals surface area contributed by atoms with Crippen LogP contribution in [0.4, 0.5) is 13.2 Å². The van der Waals surface area contributed by atoms with Crippen LogP contribution < -0.4 is 11.1 Å². The van der Waals surface area contributed by atoms with E-state index in [1.165, 1.54) is 6.92 Å². The SMILES string of the molecule is CCOC(C)=O.N=C(N)NC(=O)C(F)(F)F. The monoisotopic (exact) mass is 243 g/mol. The van der Waals surface area contributed by atoms with Gasteiger partial charge in [-0.3, -0.25) is 20.3 Å². The Labute approximate surface area is 89.4 Å². The van der Waals surface area contributed by atoms with Gasteiger partial charge in [-0.1, -0.05) is 0 Å². The quantitative estimate of drug-likeness (QED) is 0.345. The molecular formula is C7H12F3N3O3. The third kappa shape index (κ3) is 12.2. The number of carbonyl (C=O) groups is 2. The van der Waals surface area contributed by atoms with Crippen LogP contribution in [0.25, 0.3) is 0 Å². The standard InChI is InChI=1S/C4H8O2.C3H4F3N3O/c1-3-6-4(2)5;4-3(5,6)1(10)9-2(7)8/h3H2,1-2H3;(H4,7,8,9,10). The van der Waals surface area contributed by atoms with E-state index in [2.05, 4.69) is 10.5 Å². The van der Waals surface area contributed by atoms with Crippen molar-refractivity contribution in [3.05, 3.63) is 0 Å². The van der Waals surface area contributed by atoms with Crippen molar-refractivity contribution in [2.24, 2.45) is 5.73 Å². The van der Waals surface area contributed by atoms with E-state index in [1.807, 2.05) is 0 Å². The zero-order valence-corrected chi connectivity index (χ0v) is 8.64. The number of hydrogen-bond acceptors (Lipinski definition) is 4. The third-order valence-corrected chi connectivity index (χ3v) is 0.853. The first-order chi connectivity index (χ1) is 7.11. The van der Waals surface area contributed by atoms with Gasteiger partial charge >= 0.3 is 18.1 Å². The van der Waals surface area contributed by atoms with E-state index >= 15 is 0 Å². The fourth-order valence-corrected chi connectivity index (χ4v) is 0.396. The zero-order valence-electron chi connectivity index (χ0n) is 8.64. The molecule has 0 spiro atoms. The lowest BCUT2D eigenvalue weighted by atomic mass is 10.6. The first-order valence-corrected chi connectivity index (χ1v) is 3.96. The van der Waals surface area contributed by atoms with E-state index in [0.29, 0.717) is 6.61 Å². The summed E-state index contributed by atoms with van der Waals surface area (Å²) in [6.45, 7) is 3.65. The second-order valence-corrected chi connectivity index (χ2v) is 2.29. The molecule has 0 aromatic rings. The summed E-state index contributed by atoms with van der Waals surface area (Å²) in [5, 5.41) is 7.33. The average molecular weight is 243 g/mol. The lowest BCUT2D eigenvalue weighted by Crippen LogP contribution is -2.43. The largest absolute Gasteiger partial charge is 0.471 e. The van der Waals surface area contributed by atoms with Crippen LogP contribution >= 0.6 is 0 Å². The molecule has 1 amide bonds. The van der Waals surface area contributed by atoms with Crippen LogP contribution in [0, 0.1) is 5.41 Å². The molecule has 0 atom stereocenters. The topological polar surface area (TPSA) is 105 Å². The molecular weight excluding hydrogens is 231 g/mol. The number of ether oxygens (including phenoxy) is 1. The number of hydrogen-bond donors (Lipinski definition) is 3. The summed E-state index contributed by atoms with van der Waals surface area (Å²) in [5.74, 6) is -3.47. The highest BCUT2D eigenvalue weighted by atomic mass is 19.4.